The average Bonchev–Trinajstić information content (AvgIpc) is 2.90. The molecule has 2 saturated carbocycles. The summed E-state index contributed by atoms with van der Waals surface area (Å²) in [6.07, 6.45) is 5.18. The lowest BCUT2D eigenvalue weighted by molar-refractivity contribution is 0.109. The van der Waals surface area contributed by atoms with Crippen LogP contribution in [0.2, 0.25) is 0 Å². The minimum absolute atomic E-state index is 0.100. The van der Waals surface area contributed by atoms with Crippen LogP contribution in [0.5, 0.6) is 0 Å². The van der Waals surface area contributed by atoms with Crippen molar-refractivity contribution in [2.75, 3.05) is 0 Å². The van der Waals surface area contributed by atoms with Crippen LogP contribution in [0.4, 0.5) is 4.79 Å². The number of fused-ring (bicyclic) bond motifs is 1. The van der Waals surface area contributed by atoms with Crippen molar-refractivity contribution in [3.63, 3.8) is 0 Å². The lowest BCUT2D eigenvalue weighted by atomic mass is 9.89. The molecule has 14 heavy (non-hydrogen) atoms. The van der Waals surface area contributed by atoms with Crippen molar-refractivity contribution < 1.29 is 9.53 Å². The molecular weight excluding hydrogens is 180 g/mol. The van der Waals surface area contributed by atoms with Gasteiger partial charge in [0.05, 0.1) is 6.04 Å². The molecule has 3 fully saturated rings. The number of nitrogens with two attached hydrogens (primary N) is 1. The number of nitrogens with zero attached hydrogens (tertiary/aromatic N) is 1. The van der Waals surface area contributed by atoms with E-state index in [1.54, 1.807) is 0 Å². The van der Waals surface area contributed by atoms with Crippen molar-refractivity contribution >= 4 is 6.09 Å². The molecule has 4 heteroatoms. The first kappa shape index (κ1) is 8.53. The second kappa shape index (κ2) is 2.86. The van der Waals surface area contributed by atoms with Crippen molar-refractivity contribution in [3.8, 4) is 0 Å². The van der Waals surface area contributed by atoms with Gasteiger partial charge in [0.2, 0.25) is 0 Å². The summed E-state index contributed by atoms with van der Waals surface area (Å²) >= 11 is 0. The summed E-state index contributed by atoms with van der Waals surface area (Å²) in [6.45, 7) is 0. The second-order valence-electron chi connectivity index (χ2n) is 4.70. The van der Waals surface area contributed by atoms with Gasteiger partial charge in [0.1, 0.15) is 6.10 Å². The van der Waals surface area contributed by atoms with Crippen LogP contribution in [0.3, 0.4) is 0 Å². The maximum Gasteiger partial charge on any atom is 0.410 e. The van der Waals surface area contributed by atoms with E-state index in [4.69, 9.17) is 10.5 Å². The highest BCUT2D eigenvalue weighted by Gasteiger charge is 2.49. The maximum atomic E-state index is 11.6. The molecule has 0 aromatic heterocycles. The predicted octanol–water partition coefficient (Wildman–Crippen LogP) is 0.849. The summed E-state index contributed by atoms with van der Waals surface area (Å²) in [4.78, 5) is 13.5. The van der Waals surface area contributed by atoms with Crippen LogP contribution in [0.1, 0.15) is 32.1 Å². The van der Waals surface area contributed by atoms with Crippen LogP contribution >= 0.6 is 0 Å². The molecule has 3 aliphatic rings. The molecule has 2 N–H and O–H groups in total. The molecular formula is C10H16N2O2. The van der Waals surface area contributed by atoms with Gasteiger partial charge < -0.3 is 10.5 Å². The third kappa shape index (κ3) is 1.21. The van der Waals surface area contributed by atoms with E-state index in [9.17, 15) is 4.79 Å². The molecule has 0 spiro atoms. The molecule has 1 aliphatic heterocycles. The van der Waals surface area contributed by atoms with E-state index in [1.807, 2.05) is 4.90 Å². The van der Waals surface area contributed by atoms with Crippen LogP contribution in [0.25, 0.3) is 0 Å². The topological polar surface area (TPSA) is 55.6 Å². The van der Waals surface area contributed by atoms with E-state index in [0.29, 0.717) is 6.04 Å². The molecule has 1 heterocycles. The van der Waals surface area contributed by atoms with E-state index in [0.717, 1.165) is 32.1 Å². The minimum atomic E-state index is -0.100. The zero-order valence-corrected chi connectivity index (χ0v) is 8.19. The summed E-state index contributed by atoms with van der Waals surface area (Å²) in [5.74, 6) is 0. The third-order valence-corrected chi connectivity index (χ3v) is 3.56. The zero-order valence-electron chi connectivity index (χ0n) is 8.19. The van der Waals surface area contributed by atoms with Crippen LogP contribution in [-0.4, -0.2) is 35.2 Å². The molecule has 0 aromatic rings. The normalized spacial score (nSPS) is 42.2. The van der Waals surface area contributed by atoms with Crippen LogP contribution in [0.15, 0.2) is 0 Å². The molecule has 0 radical (unpaired) electrons. The highest BCUT2D eigenvalue weighted by atomic mass is 16.6. The maximum absolute atomic E-state index is 11.6. The van der Waals surface area contributed by atoms with Gasteiger partial charge in [-0.25, -0.2) is 4.79 Å². The van der Waals surface area contributed by atoms with Gasteiger partial charge in [0.25, 0.3) is 0 Å². The lowest BCUT2D eigenvalue weighted by Gasteiger charge is -2.31. The Morgan fingerprint density at radius 1 is 1.29 bits per heavy atom. The monoisotopic (exact) mass is 196 g/mol. The first-order chi connectivity index (χ1) is 6.75. The SMILES string of the molecule is NC1CCC2OC(=O)N(C3CC3)C2C1. The molecule has 78 valence electrons. The number of hydrogen-bond donors (Lipinski definition) is 1. The van der Waals surface area contributed by atoms with Gasteiger partial charge in [0.15, 0.2) is 0 Å². The summed E-state index contributed by atoms with van der Waals surface area (Å²) < 4.78 is 5.36. The number of ether oxygens (including phenoxy) is 1. The highest BCUT2D eigenvalue weighted by molar-refractivity contribution is 5.71. The smallest absolute Gasteiger partial charge is 0.410 e. The minimum Gasteiger partial charge on any atom is -0.444 e. The molecule has 3 rings (SSSR count). The van der Waals surface area contributed by atoms with Crippen molar-refractivity contribution in [2.45, 2.75) is 56.3 Å². The molecule has 0 bridgehead atoms. The lowest BCUT2D eigenvalue weighted by Crippen LogP contribution is -2.45. The molecule has 2 aliphatic carbocycles. The second-order valence-corrected chi connectivity index (χ2v) is 4.70. The third-order valence-electron chi connectivity index (χ3n) is 3.56. The molecule has 1 saturated heterocycles. The number of hydrogen-bond acceptors (Lipinski definition) is 3. The first-order valence-corrected chi connectivity index (χ1v) is 5.50. The van der Waals surface area contributed by atoms with Crippen LogP contribution in [0, 0.1) is 0 Å². The Kier molecular flexibility index (Phi) is 1.74. The summed E-state index contributed by atoms with van der Waals surface area (Å²) in [7, 11) is 0. The largest absolute Gasteiger partial charge is 0.444 e. The van der Waals surface area contributed by atoms with Gasteiger partial charge in [-0.1, -0.05) is 0 Å². The van der Waals surface area contributed by atoms with Crippen LogP contribution in [-0.2, 0) is 4.74 Å². The van der Waals surface area contributed by atoms with Gasteiger partial charge in [-0.15, -0.1) is 0 Å². The van der Waals surface area contributed by atoms with E-state index in [-0.39, 0.29) is 24.3 Å². The fourth-order valence-corrected chi connectivity index (χ4v) is 2.68. The highest BCUT2D eigenvalue weighted by Crippen LogP contribution is 2.39. The Bertz CT molecular complexity index is 265. The first-order valence-electron chi connectivity index (χ1n) is 5.50. The standard InChI is InChI=1S/C10H16N2O2/c11-6-1-4-9-8(5-6)12(7-2-3-7)10(13)14-9/h6-9H,1-5,11H2. The fourth-order valence-electron chi connectivity index (χ4n) is 2.68. The molecule has 4 nitrogen and oxygen atoms in total. The molecule has 1 amide bonds. The Balaban J connectivity index is 1.80. The predicted molar refractivity (Wildman–Crippen MR) is 50.7 cm³/mol. The van der Waals surface area contributed by atoms with Crippen LogP contribution < -0.4 is 5.73 Å². The van der Waals surface area contributed by atoms with Crippen molar-refractivity contribution in [3.05, 3.63) is 0 Å². The molecule has 3 unspecified atom stereocenters. The number of carbonyl (C=O) groups is 1. The summed E-state index contributed by atoms with van der Waals surface area (Å²) in [5.41, 5.74) is 5.93. The average molecular weight is 196 g/mol. The van der Waals surface area contributed by atoms with Crippen molar-refractivity contribution in [2.24, 2.45) is 5.73 Å². The van der Waals surface area contributed by atoms with Gasteiger partial charge in [0, 0.05) is 12.1 Å². The van der Waals surface area contributed by atoms with Gasteiger partial charge >= 0.3 is 6.09 Å². The van der Waals surface area contributed by atoms with E-state index >= 15 is 0 Å². The molecule has 3 atom stereocenters. The summed E-state index contributed by atoms with van der Waals surface area (Å²) in [5, 5.41) is 0. The van der Waals surface area contributed by atoms with E-state index < -0.39 is 0 Å². The molecule has 0 aromatic carbocycles. The van der Waals surface area contributed by atoms with Gasteiger partial charge in [-0.2, -0.15) is 0 Å². The Morgan fingerprint density at radius 2 is 2.07 bits per heavy atom. The van der Waals surface area contributed by atoms with Gasteiger partial charge in [-0.3, -0.25) is 4.90 Å². The number of carbonyl (C=O) groups excluding carboxylic acids is 1. The zero-order chi connectivity index (χ0) is 9.71. The number of amides is 1. The summed E-state index contributed by atoms with van der Waals surface area (Å²) in [6, 6.07) is 0.994. The quantitative estimate of drug-likeness (QED) is 0.676. The Morgan fingerprint density at radius 3 is 2.79 bits per heavy atom. The van der Waals surface area contributed by atoms with Gasteiger partial charge in [-0.05, 0) is 32.1 Å². The van der Waals surface area contributed by atoms with E-state index in [2.05, 4.69) is 0 Å². The Labute approximate surface area is 83.4 Å². The van der Waals surface area contributed by atoms with E-state index in [1.165, 1.54) is 0 Å². The number of rotatable bonds is 1. The Hall–Kier alpha value is -0.770. The fraction of sp³-hybridized carbons (Fsp3) is 0.900. The van der Waals surface area contributed by atoms with Crippen molar-refractivity contribution in [1.29, 1.82) is 0 Å². The van der Waals surface area contributed by atoms with Crippen molar-refractivity contribution in [1.82, 2.24) is 4.90 Å².